The van der Waals surface area contributed by atoms with Crippen molar-refractivity contribution in [2.24, 2.45) is 5.73 Å². The van der Waals surface area contributed by atoms with Gasteiger partial charge in [0.05, 0.1) is 14.2 Å². The number of likely N-dealkylation sites (N-methyl/N-ethyl adjacent to an activating group) is 1. The van der Waals surface area contributed by atoms with Gasteiger partial charge in [0.2, 0.25) is 0 Å². The van der Waals surface area contributed by atoms with Gasteiger partial charge in [-0.25, -0.2) is 0 Å². The van der Waals surface area contributed by atoms with Gasteiger partial charge in [-0.15, -0.1) is 0 Å². The number of hydrogen-bond donors (Lipinski definition) is 1. The van der Waals surface area contributed by atoms with E-state index in [4.69, 9.17) is 19.9 Å². The molecule has 1 aliphatic rings. The molecule has 0 radical (unpaired) electrons. The summed E-state index contributed by atoms with van der Waals surface area (Å²) in [5, 5.41) is 0. The third kappa shape index (κ3) is 5.04. The number of methoxy groups -OCH3 is 2. The molecule has 1 saturated heterocycles. The number of nitrogens with two attached hydrogens (primary N) is 1. The number of ether oxygens (including phenoxy) is 3. The number of benzene rings is 2. The zero-order chi connectivity index (χ0) is 21.7. The number of primary amides is 1. The van der Waals surface area contributed by atoms with Crippen molar-refractivity contribution in [3.05, 3.63) is 42.0 Å². The maximum absolute atomic E-state index is 11.2. The third-order valence-corrected chi connectivity index (χ3v) is 5.52. The van der Waals surface area contributed by atoms with E-state index < -0.39 is 5.91 Å². The summed E-state index contributed by atoms with van der Waals surface area (Å²) in [6.07, 6.45) is 1.13. The highest BCUT2D eigenvalue weighted by atomic mass is 16.5. The van der Waals surface area contributed by atoms with Crippen molar-refractivity contribution >= 4 is 5.91 Å². The van der Waals surface area contributed by atoms with E-state index >= 15 is 0 Å². The molecule has 7 heteroatoms. The fraction of sp³-hybridized carbons (Fsp3) is 0.435. The Labute approximate surface area is 178 Å². The van der Waals surface area contributed by atoms with Crippen molar-refractivity contribution in [3.8, 4) is 28.4 Å². The lowest BCUT2D eigenvalue weighted by molar-refractivity contribution is -0.119. The Kier molecular flexibility index (Phi) is 7.18. The van der Waals surface area contributed by atoms with E-state index in [9.17, 15) is 4.79 Å². The van der Waals surface area contributed by atoms with Crippen LogP contribution >= 0.6 is 0 Å². The smallest absolute Gasteiger partial charge is 0.255 e. The van der Waals surface area contributed by atoms with Crippen LogP contribution in [0.25, 0.3) is 11.1 Å². The van der Waals surface area contributed by atoms with Crippen LogP contribution < -0.4 is 19.9 Å². The van der Waals surface area contributed by atoms with Gasteiger partial charge in [-0.1, -0.05) is 18.2 Å². The number of carbonyl (C=O) groups excluding carboxylic acids is 1. The largest absolute Gasteiger partial charge is 0.493 e. The minimum absolute atomic E-state index is 0.144. The van der Waals surface area contributed by atoms with Crippen LogP contribution in [0.3, 0.4) is 0 Å². The number of amides is 1. The Bertz CT molecular complexity index is 885. The van der Waals surface area contributed by atoms with Crippen molar-refractivity contribution in [2.75, 3.05) is 48.0 Å². The van der Waals surface area contributed by atoms with Gasteiger partial charge in [-0.05, 0) is 44.3 Å². The first-order valence-corrected chi connectivity index (χ1v) is 10.1. The number of hydrogen-bond acceptors (Lipinski definition) is 6. The zero-order valence-electron chi connectivity index (χ0n) is 18.2. The van der Waals surface area contributed by atoms with Crippen molar-refractivity contribution in [1.29, 1.82) is 0 Å². The van der Waals surface area contributed by atoms with Gasteiger partial charge in [-0.2, -0.15) is 0 Å². The molecule has 7 nitrogen and oxygen atoms in total. The van der Waals surface area contributed by atoms with Crippen LogP contribution in [0, 0.1) is 0 Å². The van der Waals surface area contributed by atoms with Gasteiger partial charge in [0.1, 0.15) is 5.75 Å². The Balaban J connectivity index is 1.94. The lowest BCUT2D eigenvalue weighted by atomic mass is 10.0. The number of carbonyl (C=O) groups is 1. The molecule has 1 atom stereocenters. The lowest BCUT2D eigenvalue weighted by Gasteiger charge is -2.22. The molecule has 2 aromatic carbocycles. The first kappa shape index (κ1) is 21.9. The molecule has 0 bridgehead atoms. The maximum Gasteiger partial charge on any atom is 0.255 e. The second-order valence-corrected chi connectivity index (χ2v) is 7.76. The van der Waals surface area contributed by atoms with Crippen LogP contribution in [0.4, 0.5) is 0 Å². The van der Waals surface area contributed by atoms with Crippen LogP contribution in [0.5, 0.6) is 17.2 Å². The molecule has 1 amide bonds. The van der Waals surface area contributed by atoms with E-state index in [-0.39, 0.29) is 6.61 Å². The predicted octanol–water partition coefficient (Wildman–Crippen LogP) is 2.37. The molecule has 1 fully saturated rings. The summed E-state index contributed by atoms with van der Waals surface area (Å²) < 4.78 is 16.8. The molecule has 1 heterocycles. The molecule has 1 unspecified atom stereocenters. The molecule has 0 saturated carbocycles. The molecule has 2 aromatic rings. The summed E-state index contributed by atoms with van der Waals surface area (Å²) in [7, 11) is 7.50. The Morgan fingerprint density at radius 2 is 1.97 bits per heavy atom. The average Bonchev–Trinajstić information content (AvgIpc) is 3.21. The summed E-state index contributed by atoms with van der Waals surface area (Å²) in [6.45, 7) is 2.60. The molecule has 0 aliphatic carbocycles. The highest BCUT2D eigenvalue weighted by Crippen LogP contribution is 2.39. The van der Waals surface area contributed by atoms with Crippen LogP contribution in [-0.4, -0.2) is 69.8 Å². The average molecular weight is 414 g/mol. The van der Waals surface area contributed by atoms with E-state index in [1.54, 1.807) is 14.2 Å². The fourth-order valence-corrected chi connectivity index (χ4v) is 3.89. The Morgan fingerprint density at radius 1 is 1.17 bits per heavy atom. The highest BCUT2D eigenvalue weighted by Gasteiger charge is 2.25. The van der Waals surface area contributed by atoms with E-state index in [0.717, 1.165) is 42.7 Å². The van der Waals surface area contributed by atoms with Gasteiger partial charge in [-0.3, -0.25) is 9.69 Å². The lowest BCUT2D eigenvalue weighted by Crippen LogP contribution is -2.31. The van der Waals surface area contributed by atoms with E-state index in [0.29, 0.717) is 23.3 Å². The van der Waals surface area contributed by atoms with Crippen LogP contribution in [0.15, 0.2) is 36.4 Å². The maximum atomic E-state index is 11.2. The second kappa shape index (κ2) is 9.82. The first-order valence-electron chi connectivity index (χ1n) is 10.1. The second-order valence-electron chi connectivity index (χ2n) is 7.76. The monoisotopic (exact) mass is 413 g/mol. The van der Waals surface area contributed by atoms with Crippen molar-refractivity contribution in [2.45, 2.75) is 19.0 Å². The summed E-state index contributed by atoms with van der Waals surface area (Å²) in [5.74, 6) is 1.55. The van der Waals surface area contributed by atoms with Gasteiger partial charge in [0.15, 0.2) is 18.1 Å². The Hall–Kier alpha value is -2.77. The van der Waals surface area contributed by atoms with E-state index in [1.807, 2.05) is 30.3 Å². The van der Waals surface area contributed by atoms with Crippen LogP contribution in [0.2, 0.25) is 0 Å². The van der Waals surface area contributed by atoms with E-state index in [2.05, 4.69) is 30.0 Å². The van der Waals surface area contributed by atoms with Crippen molar-refractivity contribution < 1.29 is 19.0 Å². The molecule has 3 rings (SSSR count). The number of rotatable bonds is 9. The summed E-state index contributed by atoms with van der Waals surface area (Å²) in [4.78, 5) is 15.9. The standard InChI is InChI=1S/C23H31N3O4/c1-25(2)18-10-11-26(14-18)13-17-12-16(8-9-20(17)30-15-22(24)27)19-6-5-7-21(28-3)23(19)29-4/h5-9,12,18H,10-11,13-15H2,1-4H3,(H2,24,27). The van der Waals surface area contributed by atoms with Gasteiger partial charge in [0, 0.05) is 36.8 Å². The first-order chi connectivity index (χ1) is 14.4. The number of nitrogens with zero attached hydrogens (tertiary/aromatic N) is 2. The molecule has 0 spiro atoms. The molecular weight excluding hydrogens is 382 g/mol. The number of para-hydroxylation sites is 1. The molecular formula is C23H31N3O4. The SMILES string of the molecule is COc1cccc(-c2ccc(OCC(N)=O)c(CN3CCC(N(C)C)C3)c2)c1OC. The van der Waals surface area contributed by atoms with Gasteiger partial charge >= 0.3 is 0 Å². The summed E-state index contributed by atoms with van der Waals surface area (Å²) in [6, 6.07) is 12.3. The molecule has 2 N–H and O–H groups in total. The van der Waals surface area contributed by atoms with Crippen LogP contribution in [0.1, 0.15) is 12.0 Å². The molecule has 162 valence electrons. The van der Waals surface area contributed by atoms with E-state index in [1.165, 1.54) is 0 Å². The van der Waals surface area contributed by atoms with Crippen LogP contribution in [-0.2, 0) is 11.3 Å². The predicted molar refractivity (Wildman–Crippen MR) is 117 cm³/mol. The van der Waals surface area contributed by atoms with Crippen molar-refractivity contribution in [3.63, 3.8) is 0 Å². The molecule has 30 heavy (non-hydrogen) atoms. The quantitative estimate of drug-likeness (QED) is 0.680. The topological polar surface area (TPSA) is 77.3 Å². The fourth-order valence-electron chi connectivity index (χ4n) is 3.89. The normalized spacial score (nSPS) is 16.6. The minimum Gasteiger partial charge on any atom is -0.493 e. The van der Waals surface area contributed by atoms with Gasteiger partial charge < -0.3 is 24.8 Å². The minimum atomic E-state index is -0.492. The molecule has 0 aromatic heterocycles. The van der Waals surface area contributed by atoms with Crippen molar-refractivity contribution in [1.82, 2.24) is 9.80 Å². The zero-order valence-corrected chi connectivity index (χ0v) is 18.2. The highest BCUT2D eigenvalue weighted by molar-refractivity contribution is 5.76. The number of likely N-dealkylation sites (tertiary alicyclic amines) is 1. The third-order valence-electron chi connectivity index (χ3n) is 5.52. The molecule has 1 aliphatic heterocycles. The Morgan fingerprint density at radius 3 is 2.60 bits per heavy atom. The van der Waals surface area contributed by atoms with Gasteiger partial charge in [0.25, 0.3) is 5.91 Å². The summed E-state index contributed by atoms with van der Waals surface area (Å²) >= 11 is 0. The summed E-state index contributed by atoms with van der Waals surface area (Å²) in [5.41, 5.74) is 8.23.